The molecule has 154 valence electrons. The van der Waals surface area contributed by atoms with E-state index in [0.29, 0.717) is 10.4 Å². The van der Waals surface area contributed by atoms with E-state index < -0.39 is 11.5 Å². The van der Waals surface area contributed by atoms with Crippen molar-refractivity contribution in [2.45, 2.75) is 6.54 Å². The van der Waals surface area contributed by atoms with Crippen LogP contribution in [0.2, 0.25) is 0 Å². The molecular weight excluding hydrogens is 392 g/mol. The Bertz CT molecular complexity index is 1230. The molecule has 0 atom stereocenters. The average Bonchev–Trinajstić information content (AvgIpc) is 2.81. The van der Waals surface area contributed by atoms with Gasteiger partial charge in [0.15, 0.2) is 0 Å². The van der Waals surface area contributed by atoms with Gasteiger partial charge in [0.1, 0.15) is 5.69 Å². The first-order valence-electron chi connectivity index (χ1n) is 9.67. The van der Waals surface area contributed by atoms with Crippen molar-refractivity contribution < 1.29 is 10.0 Å². The van der Waals surface area contributed by atoms with Crippen molar-refractivity contribution in [2.24, 2.45) is 0 Å². The van der Waals surface area contributed by atoms with Crippen LogP contribution in [0.4, 0.5) is 11.4 Å². The molecule has 7 nitrogen and oxygen atoms in total. The summed E-state index contributed by atoms with van der Waals surface area (Å²) in [7, 11) is 0. The van der Waals surface area contributed by atoms with E-state index >= 15 is 0 Å². The summed E-state index contributed by atoms with van der Waals surface area (Å²) in [4.78, 5) is 27.9. The standard InChI is InChI=1S/C24H20N4O3/c29-23-8-4-7-22(28(23)31)24(30)26-15-20-13-14-21(16-25-20)27-19-11-9-18(10-12-19)17-5-2-1-3-6-17/h1-14,16,27,31H,15H2,(H,26,30). The summed E-state index contributed by atoms with van der Waals surface area (Å²) in [5, 5.41) is 15.6. The third kappa shape index (κ3) is 4.79. The molecular formula is C24H20N4O3. The molecule has 4 aromatic rings. The number of amides is 1. The quantitative estimate of drug-likeness (QED) is 0.419. The fourth-order valence-corrected chi connectivity index (χ4v) is 3.06. The van der Waals surface area contributed by atoms with Crippen molar-refractivity contribution in [1.82, 2.24) is 15.0 Å². The zero-order valence-corrected chi connectivity index (χ0v) is 16.5. The number of nitrogens with zero attached hydrogens (tertiary/aromatic N) is 2. The fourth-order valence-electron chi connectivity index (χ4n) is 3.06. The van der Waals surface area contributed by atoms with Gasteiger partial charge in [0.2, 0.25) is 0 Å². The van der Waals surface area contributed by atoms with Gasteiger partial charge in [-0.3, -0.25) is 14.6 Å². The van der Waals surface area contributed by atoms with E-state index in [4.69, 9.17) is 0 Å². The Kier molecular flexibility index (Phi) is 5.75. The number of benzene rings is 2. The summed E-state index contributed by atoms with van der Waals surface area (Å²) in [6.45, 7) is 0.161. The van der Waals surface area contributed by atoms with Gasteiger partial charge in [0.25, 0.3) is 11.5 Å². The second-order valence-corrected chi connectivity index (χ2v) is 6.85. The second kappa shape index (κ2) is 8.96. The lowest BCUT2D eigenvalue weighted by atomic mass is 10.1. The van der Waals surface area contributed by atoms with Gasteiger partial charge < -0.3 is 15.8 Å². The van der Waals surface area contributed by atoms with Gasteiger partial charge in [-0.25, -0.2) is 0 Å². The summed E-state index contributed by atoms with van der Waals surface area (Å²) >= 11 is 0. The van der Waals surface area contributed by atoms with Crippen LogP contribution in [0.15, 0.2) is 95.9 Å². The van der Waals surface area contributed by atoms with Gasteiger partial charge in [-0.15, -0.1) is 4.73 Å². The third-order valence-corrected chi connectivity index (χ3v) is 4.70. The normalized spacial score (nSPS) is 10.5. The Hall–Kier alpha value is -4.39. The third-order valence-electron chi connectivity index (χ3n) is 4.70. The van der Waals surface area contributed by atoms with Crippen molar-refractivity contribution in [3.63, 3.8) is 0 Å². The molecule has 0 unspecified atom stereocenters. The Labute approximate surface area is 178 Å². The summed E-state index contributed by atoms with van der Waals surface area (Å²) in [6.07, 6.45) is 1.68. The number of aromatic nitrogens is 2. The molecule has 0 fully saturated rings. The Morgan fingerprint density at radius 2 is 1.55 bits per heavy atom. The molecule has 3 N–H and O–H groups in total. The van der Waals surface area contributed by atoms with E-state index in [0.717, 1.165) is 22.5 Å². The van der Waals surface area contributed by atoms with Gasteiger partial charge in [0.05, 0.1) is 24.1 Å². The van der Waals surface area contributed by atoms with Crippen LogP contribution in [0, 0.1) is 0 Å². The van der Waals surface area contributed by atoms with Gasteiger partial charge in [-0.05, 0) is 41.5 Å². The van der Waals surface area contributed by atoms with Crippen LogP contribution in [0.25, 0.3) is 11.1 Å². The highest BCUT2D eigenvalue weighted by Gasteiger charge is 2.11. The lowest BCUT2D eigenvalue weighted by molar-refractivity contribution is 0.0888. The summed E-state index contributed by atoms with van der Waals surface area (Å²) < 4.78 is 0.318. The molecule has 2 aromatic carbocycles. The SMILES string of the molecule is O=C(NCc1ccc(Nc2ccc(-c3ccccc3)cc2)cn1)c1cccc(=O)n1O. The Balaban J connectivity index is 1.35. The highest BCUT2D eigenvalue weighted by molar-refractivity contribution is 5.92. The molecule has 0 aliphatic carbocycles. The lowest BCUT2D eigenvalue weighted by Gasteiger charge is -2.09. The number of rotatable bonds is 6. The number of nitrogens with one attached hydrogen (secondary N) is 2. The monoisotopic (exact) mass is 412 g/mol. The van der Waals surface area contributed by atoms with Gasteiger partial charge >= 0.3 is 0 Å². The van der Waals surface area contributed by atoms with Crippen molar-refractivity contribution in [1.29, 1.82) is 0 Å². The molecule has 0 aliphatic rings. The second-order valence-electron chi connectivity index (χ2n) is 6.85. The predicted molar refractivity (Wildman–Crippen MR) is 118 cm³/mol. The molecule has 0 aliphatic heterocycles. The summed E-state index contributed by atoms with van der Waals surface area (Å²) in [5.74, 6) is -0.567. The van der Waals surface area contributed by atoms with Gasteiger partial charge in [0, 0.05) is 11.8 Å². The summed E-state index contributed by atoms with van der Waals surface area (Å²) in [6, 6.07) is 25.9. The first-order valence-corrected chi connectivity index (χ1v) is 9.67. The molecule has 2 heterocycles. The van der Waals surface area contributed by atoms with Crippen LogP contribution in [0.5, 0.6) is 0 Å². The molecule has 7 heteroatoms. The lowest BCUT2D eigenvalue weighted by Crippen LogP contribution is -2.30. The molecule has 2 aromatic heterocycles. The van der Waals surface area contributed by atoms with Crippen LogP contribution in [0.3, 0.4) is 0 Å². The summed E-state index contributed by atoms with van der Waals surface area (Å²) in [5.41, 5.74) is 3.89. The van der Waals surface area contributed by atoms with E-state index in [1.54, 1.807) is 12.3 Å². The molecule has 0 spiro atoms. The molecule has 0 saturated heterocycles. The Morgan fingerprint density at radius 1 is 0.839 bits per heavy atom. The molecule has 0 radical (unpaired) electrons. The van der Waals surface area contributed by atoms with Crippen molar-refractivity contribution in [2.75, 3.05) is 5.32 Å². The van der Waals surface area contributed by atoms with E-state index in [1.807, 2.05) is 36.4 Å². The van der Waals surface area contributed by atoms with E-state index in [-0.39, 0.29) is 12.2 Å². The number of carbonyl (C=O) groups excluding carboxylic acids is 1. The van der Waals surface area contributed by atoms with E-state index in [9.17, 15) is 14.8 Å². The molecule has 0 saturated carbocycles. The number of hydrogen-bond donors (Lipinski definition) is 3. The van der Waals surface area contributed by atoms with Gasteiger partial charge in [-0.2, -0.15) is 0 Å². The predicted octanol–water partition coefficient (Wildman–Crippen LogP) is 3.82. The molecule has 1 amide bonds. The zero-order chi connectivity index (χ0) is 21.6. The first-order chi connectivity index (χ1) is 15.1. The number of anilines is 2. The van der Waals surface area contributed by atoms with E-state index in [2.05, 4.69) is 39.9 Å². The van der Waals surface area contributed by atoms with Crippen LogP contribution >= 0.6 is 0 Å². The highest BCUT2D eigenvalue weighted by atomic mass is 16.5. The minimum Gasteiger partial charge on any atom is -0.425 e. The van der Waals surface area contributed by atoms with Crippen LogP contribution in [0.1, 0.15) is 16.2 Å². The first kappa shape index (κ1) is 19.9. The number of carbonyl (C=O) groups is 1. The maximum atomic E-state index is 12.2. The number of pyridine rings is 2. The fraction of sp³-hybridized carbons (Fsp3) is 0.0417. The topological polar surface area (TPSA) is 96.3 Å². The van der Waals surface area contributed by atoms with Crippen molar-refractivity contribution in [3.05, 3.63) is 113 Å². The maximum Gasteiger partial charge on any atom is 0.283 e. The van der Waals surface area contributed by atoms with Crippen LogP contribution in [-0.4, -0.2) is 20.8 Å². The van der Waals surface area contributed by atoms with Crippen LogP contribution in [-0.2, 0) is 6.54 Å². The van der Waals surface area contributed by atoms with E-state index in [1.165, 1.54) is 18.2 Å². The number of hydrogen-bond acceptors (Lipinski definition) is 5. The average molecular weight is 412 g/mol. The minimum absolute atomic E-state index is 0.135. The maximum absolute atomic E-state index is 12.2. The largest absolute Gasteiger partial charge is 0.425 e. The minimum atomic E-state index is -0.669. The molecule has 0 bridgehead atoms. The van der Waals surface area contributed by atoms with Crippen LogP contribution < -0.4 is 16.2 Å². The molecule has 31 heavy (non-hydrogen) atoms. The zero-order valence-electron chi connectivity index (χ0n) is 16.5. The highest BCUT2D eigenvalue weighted by Crippen LogP contribution is 2.23. The Morgan fingerprint density at radius 3 is 2.26 bits per heavy atom. The van der Waals surface area contributed by atoms with Crippen molar-refractivity contribution in [3.8, 4) is 11.1 Å². The molecule has 4 rings (SSSR count). The van der Waals surface area contributed by atoms with Gasteiger partial charge in [-0.1, -0.05) is 48.5 Å². The van der Waals surface area contributed by atoms with Crippen molar-refractivity contribution >= 4 is 17.3 Å². The smallest absolute Gasteiger partial charge is 0.283 e.